The quantitative estimate of drug-likeness (QED) is 0.409. The van der Waals surface area contributed by atoms with E-state index in [0.717, 1.165) is 63.2 Å². The highest BCUT2D eigenvalue weighted by molar-refractivity contribution is 5.98. The van der Waals surface area contributed by atoms with Crippen LogP contribution in [0.1, 0.15) is 17.5 Å². The zero-order chi connectivity index (χ0) is 22.4. The number of nitrogens with zero attached hydrogens (tertiary/aromatic N) is 5. The number of aromatic nitrogens is 6. The molecule has 0 unspecified atom stereocenters. The van der Waals surface area contributed by atoms with E-state index >= 15 is 0 Å². The lowest BCUT2D eigenvalue weighted by atomic mass is 10.0. The van der Waals surface area contributed by atoms with Gasteiger partial charge in [0.05, 0.1) is 16.9 Å². The van der Waals surface area contributed by atoms with E-state index in [-0.39, 0.29) is 0 Å². The Morgan fingerprint density at radius 2 is 2.03 bits per heavy atom. The van der Waals surface area contributed by atoms with Gasteiger partial charge in [0.15, 0.2) is 0 Å². The maximum atomic E-state index is 4.96. The van der Waals surface area contributed by atoms with Crippen molar-refractivity contribution in [2.45, 2.75) is 13.0 Å². The molecule has 5 aromatic rings. The molecule has 0 aliphatic heterocycles. The second-order valence-corrected chi connectivity index (χ2v) is 8.59. The van der Waals surface area contributed by atoms with Crippen molar-refractivity contribution in [3.8, 4) is 22.6 Å². The Balaban J connectivity index is 1.45. The lowest BCUT2D eigenvalue weighted by molar-refractivity contribution is 0.402. The molecule has 0 bridgehead atoms. The SMILES string of the molecule is CN(C)Cc1cncc(-c2ccc3[nH]nc(-c4cc5c(C6=CCC=C6)ccnc5[nH]4)c3n2)c1. The number of rotatable bonds is 5. The second-order valence-electron chi connectivity index (χ2n) is 8.59. The maximum Gasteiger partial charge on any atom is 0.138 e. The maximum absolute atomic E-state index is 4.96. The third-order valence-corrected chi connectivity index (χ3v) is 5.87. The summed E-state index contributed by atoms with van der Waals surface area (Å²) >= 11 is 0. The van der Waals surface area contributed by atoms with Crippen LogP contribution in [0.25, 0.3) is 50.3 Å². The van der Waals surface area contributed by atoms with Crippen molar-refractivity contribution in [2.24, 2.45) is 0 Å². The highest BCUT2D eigenvalue weighted by atomic mass is 15.1. The molecule has 6 rings (SSSR count). The standard InChI is InChI=1S/C26H23N7/c1-33(2)15-16-11-18(14-27-13-16)21-7-8-22-24(29-21)25(32-31-22)23-12-20-19(17-5-3-4-6-17)9-10-28-26(20)30-23/h3,5-14H,4,15H2,1-2H3,(H,28,30)(H,31,32). The lowest BCUT2D eigenvalue weighted by Crippen LogP contribution is -2.10. The van der Waals surface area contributed by atoms with E-state index in [1.165, 1.54) is 11.1 Å². The molecule has 0 saturated carbocycles. The molecule has 33 heavy (non-hydrogen) atoms. The van der Waals surface area contributed by atoms with Crippen LogP contribution in [0.4, 0.5) is 0 Å². The predicted octanol–water partition coefficient (Wildman–Crippen LogP) is 4.97. The van der Waals surface area contributed by atoms with Crippen molar-refractivity contribution >= 4 is 27.6 Å². The minimum atomic E-state index is 0.782. The van der Waals surface area contributed by atoms with Gasteiger partial charge in [-0.1, -0.05) is 18.2 Å². The van der Waals surface area contributed by atoms with Crippen LogP contribution in [0.15, 0.2) is 67.2 Å². The first-order valence-corrected chi connectivity index (χ1v) is 10.9. The number of hydrogen-bond donors (Lipinski definition) is 2. The molecule has 0 fully saturated rings. The van der Waals surface area contributed by atoms with Gasteiger partial charge in [0.1, 0.15) is 16.9 Å². The highest BCUT2D eigenvalue weighted by Gasteiger charge is 2.16. The average molecular weight is 434 g/mol. The minimum Gasteiger partial charge on any atom is -0.338 e. The Morgan fingerprint density at radius 3 is 2.88 bits per heavy atom. The molecule has 0 saturated heterocycles. The number of allylic oxidation sites excluding steroid dienone is 4. The average Bonchev–Trinajstić information content (AvgIpc) is 3.57. The predicted molar refractivity (Wildman–Crippen MR) is 131 cm³/mol. The topological polar surface area (TPSA) is 86.4 Å². The summed E-state index contributed by atoms with van der Waals surface area (Å²) < 4.78 is 0. The molecule has 0 atom stereocenters. The van der Waals surface area contributed by atoms with E-state index in [4.69, 9.17) is 4.98 Å². The van der Waals surface area contributed by atoms with Gasteiger partial charge in [0, 0.05) is 36.1 Å². The summed E-state index contributed by atoms with van der Waals surface area (Å²) in [7, 11) is 4.10. The molecule has 0 amide bonds. The molecule has 7 heteroatoms. The minimum absolute atomic E-state index is 0.782. The van der Waals surface area contributed by atoms with Gasteiger partial charge in [-0.3, -0.25) is 10.1 Å². The van der Waals surface area contributed by atoms with Crippen LogP contribution in [0.2, 0.25) is 0 Å². The van der Waals surface area contributed by atoms with Gasteiger partial charge in [-0.15, -0.1) is 0 Å². The summed E-state index contributed by atoms with van der Waals surface area (Å²) in [6.07, 6.45) is 13.1. The first-order valence-electron chi connectivity index (χ1n) is 10.9. The molecule has 0 radical (unpaired) electrons. The van der Waals surface area contributed by atoms with Crippen molar-refractivity contribution in [2.75, 3.05) is 14.1 Å². The van der Waals surface area contributed by atoms with Gasteiger partial charge < -0.3 is 9.88 Å². The van der Waals surface area contributed by atoms with Crippen LogP contribution < -0.4 is 0 Å². The van der Waals surface area contributed by atoms with Crippen LogP contribution in [0.5, 0.6) is 0 Å². The largest absolute Gasteiger partial charge is 0.338 e. The van der Waals surface area contributed by atoms with Gasteiger partial charge in [-0.25, -0.2) is 9.97 Å². The van der Waals surface area contributed by atoms with Gasteiger partial charge in [0.2, 0.25) is 0 Å². The molecule has 5 aromatic heterocycles. The molecule has 7 nitrogen and oxygen atoms in total. The fourth-order valence-corrected chi connectivity index (χ4v) is 4.39. The summed E-state index contributed by atoms with van der Waals surface area (Å²) in [5.41, 5.74) is 9.63. The van der Waals surface area contributed by atoms with Crippen LogP contribution in [0.3, 0.4) is 0 Å². The normalized spacial score (nSPS) is 13.5. The Morgan fingerprint density at radius 1 is 1.09 bits per heavy atom. The van der Waals surface area contributed by atoms with Gasteiger partial charge in [-0.2, -0.15) is 5.10 Å². The molecule has 5 heterocycles. The van der Waals surface area contributed by atoms with Crippen molar-refractivity contribution in [3.05, 3.63) is 78.3 Å². The van der Waals surface area contributed by atoms with Crippen LogP contribution >= 0.6 is 0 Å². The number of H-pyrrole nitrogens is 2. The van der Waals surface area contributed by atoms with Crippen LogP contribution in [-0.2, 0) is 6.54 Å². The zero-order valence-electron chi connectivity index (χ0n) is 18.5. The molecular weight excluding hydrogens is 410 g/mol. The Labute approximate surface area is 190 Å². The van der Waals surface area contributed by atoms with Crippen molar-refractivity contribution in [1.82, 2.24) is 35.0 Å². The number of aromatic amines is 2. The van der Waals surface area contributed by atoms with E-state index < -0.39 is 0 Å². The Kier molecular flexibility index (Phi) is 4.62. The van der Waals surface area contributed by atoms with Gasteiger partial charge >= 0.3 is 0 Å². The van der Waals surface area contributed by atoms with E-state index in [1.807, 2.05) is 30.7 Å². The number of fused-ring (bicyclic) bond motifs is 2. The second kappa shape index (κ2) is 7.79. The number of nitrogens with one attached hydrogen (secondary N) is 2. The summed E-state index contributed by atoms with van der Waals surface area (Å²) in [6.45, 7) is 0.829. The Bertz CT molecular complexity index is 1550. The van der Waals surface area contributed by atoms with Gasteiger partial charge in [-0.05, 0) is 67.5 Å². The third kappa shape index (κ3) is 3.52. The first-order chi connectivity index (χ1) is 16.2. The van der Waals surface area contributed by atoms with Crippen LogP contribution in [-0.4, -0.2) is 49.1 Å². The summed E-state index contributed by atoms with van der Waals surface area (Å²) in [5.74, 6) is 0. The fourth-order valence-electron chi connectivity index (χ4n) is 4.39. The summed E-state index contributed by atoms with van der Waals surface area (Å²) in [6, 6.07) is 10.3. The van der Waals surface area contributed by atoms with Crippen molar-refractivity contribution in [3.63, 3.8) is 0 Å². The van der Waals surface area contributed by atoms with E-state index in [9.17, 15) is 0 Å². The van der Waals surface area contributed by atoms with Crippen LogP contribution in [0, 0.1) is 0 Å². The number of pyridine rings is 3. The molecule has 2 N–H and O–H groups in total. The number of hydrogen-bond acceptors (Lipinski definition) is 5. The smallest absolute Gasteiger partial charge is 0.138 e. The fraction of sp³-hybridized carbons (Fsp3) is 0.154. The van der Waals surface area contributed by atoms with Crippen molar-refractivity contribution < 1.29 is 0 Å². The molecule has 1 aliphatic rings. The van der Waals surface area contributed by atoms with Crippen molar-refractivity contribution in [1.29, 1.82) is 0 Å². The monoisotopic (exact) mass is 433 g/mol. The molecule has 0 spiro atoms. The Hall–Kier alpha value is -4.10. The molecular formula is C26H23N7. The first kappa shape index (κ1) is 19.6. The van der Waals surface area contributed by atoms with E-state index in [1.54, 1.807) is 0 Å². The third-order valence-electron chi connectivity index (χ3n) is 5.87. The van der Waals surface area contributed by atoms with E-state index in [2.05, 4.69) is 80.6 Å². The molecule has 1 aliphatic carbocycles. The summed E-state index contributed by atoms with van der Waals surface area (Å²) in [5, 5.41) is 8.78. The zero-order valence-corrected chi connectivity index (χ0v) is 18.5. The molecule has 0 aromatic carbocycles. The lowest BCUT2D eigenvalue weighted by Gasteiger charge is -2.10. The summed E-state index contributed by atoms with van der Waals surface area (Å²) in [4.78, 5) is 19.5. The highest BCUT2D eigenvalue weighted by Crippen LogP contribution is 2.33. The molecule has 162 valence electrons. The van der Waals surface area contributed by atoms with E-state index in [0.29, 0.717) is 0 Å². The van der Waals surface area contributed by atoms with Gasteiger partial charge in [0.25, 0.3) is 0 Å².